The van der Waals surface area contributed by atoms with Gasteiger partial charge in [0.2, 0.25) is 12.2 Å². The van der Waals surface area contributed by atoms with E-state index in [2.05, 4.69) is 5.32 Å². The van der Waals surface area contributed by atoms with E-state index in [4.69, 9.17) is 29.2 Å². The van der Waals surface area contributed by atoms with Crippen molar-refractivity contribution >= 4 is 29.8 Å². The minimum absolute atomic E-state index is 0.621. The summed E-state index contributed by atoms with van der Waals surface area (Å²) >= 11 is 0. The molecule has 1 heterocycles. The zero-order valence-electron chi connectivity index (χ0n) is 18.5. The molecule has 0 radical (unpaired) electrons. The Morgan fingerprint density at radius 2 is 1.44 bits per heavy atom. The third kappa shape index (κ3) is 7.21. The highest BCUT2D eigenvalue weighted by Crippen LogP contribution is 2.28. The predicted molar refractivity (Wildman–Crippen MR) is 85.8 cm³/mol. The summed E-state index contributed by atoms with van der Waals surface area (Å²) < 4.78 is 53.9. The first-order valence-electron chi connectivity index (χ1n) is 10.3. The van der Waals surface area contributed by atoms with E-state index in [9.17, 15) is 24.0 Å². The van der Waals surface area contributed by atoms with E-state index in [0.29, 0.717) is 0 Å². The van der Waals surface area contributed by atoms with E-state index in [1.165, 1.54) is 0 Å². The van der Waals surface area contributed by atoms with Gasteiger partial charge in [0, 0.05) is 40.0 Å². The minimum atomic E-state index is -1.64. The second-order valence-electron chi connectivity index (χ2n) is 5.35. The van der Waals surface area contributed by atoms with E-state index in [1.54, 1.807) is 0 Å². The number of carbonyl (C=O) groups is 5. The van der Waals surface area contributed by atoms with Gasteiger partial charge in [0.25, 0.3) is 0 Å². The fraction of sp³-hybridized carbons (Fsp3) is 0.688. The Labute approximate surface area is 161 Å². The number of hydrogen-bond acceptors (Lipinski definition) is 10. The van der Waals surface area contributed by atoms with Crippen molar-refractivity contribution in [2.24, 2.45) is 0 Å². The number of nitrogens with one attached hydrogen (secondary N) is 1. The molecule has 1 aliphatic heterocycles. The van der Waals surface area contributed by atoms with Crippen LogP contribution in [-0.4, -0.2) is 67.0 Å². The fourth-order valence-corrected chi connectivity index (χ4v) is 2.42. The maximum atomic E-state index is 11.8. The monoisotopic (exact) mass is 393 g/mol. The molecule has 0 aromatic carbocycles. The number of esters is 4. The summed E-state index contributed by atoms with van der Waals surface area (Å²) in [6.45, 7) is -2.72. The third-order valence-corrected chi connectivity index (χ3v) is 3.21. The highest BCUT2D eigenvalue weighted by atomic mass is 16.7. The molecule has 11 heteroatoms. The standard InChI is InChI=1S/C16H23NO10/c1-7(18)17-13-15(25-10(4)21)14(24-9(3)20)12(6-23-8(2)19)27-16(13)26-11(5)22/h12-16H,6H2,1-5H3,(H,17,18)/t12-,13-,14+,15-,16?/m1/s1/i2D,3D,4D,5D. The Kier molecular flexibility index (Phi) is 6.02. The Hall–Kier alpha value is -2.69. The van der Waals surface area contributed by atoms with Crippen LogP contribution in [-0.2, 0) is 47.7 Å². The molecule has 152 valence electrons. The Balaban J connectivity index is 3.37. The Bertz CT molecular complexity index is 679. The van der Waals surface area contributed by atoms with Gasteiger partial charge < -0.3 is 29.0 Å². The first kappa shape index (κ1) is 16.5. The van der Waals surface area contributed by atoms with Gasteiger partial charge in [-0.05, 0) is 0 Å². The zero-order chi connectivity index (χ0) is 23.6. The second kappa shape index (κ2) is 9.86. The third-order valence-electron chi connectivity index (χ3n) is 3.21. The molecule has 1 rings (SSSR count). The quantitative estimate of drug-likeness (QED) is 0.450. The van der Waals surface area contributed by atoms with Gasteiger partial charge >= 0.3 is 23.9 Å². The number of ether oxygens (including phenoxy) is 5. The predicted octanol–water partition coefficient (Wildman–Crippen LogP) is -0.794. The minimum Gasteiger partial charge on any atom is -0.463 e. The second-order valence-corrected chi connectivity index (χ2v) is 5.35. The lowest BCUT2D eigenvalue weighted by Gasteiger charge is -2.44. The largest absolute Gasteiger partial charge is 0.463 e. The zero-order valence-corrected chi connectivity index (χ0v) is 14.5. The van der Waals surface area contributed by atoms with E-state index >= 15 is 0 Å². The van der Waals surface area contributed by atoms with Crippen LogP contribution in [0.1, 0.15) is 40.0 Å². The van der Waals surface area contributed by atoms with Crippen molar-refractivity contribution < 1.29 is 53.1 Å². The number of hydrogen-bond donors (Lipinski definition) is 1. The molecule has 1 saturated heterocycles. The lowest BCUT2D eigenvalue weighted by atomic mass is 9.96. The van der Waals surface area contributed by atoms with Crippen LogP contribution in [0.3, 0.4) is 0 Å². The molecule has 1 amide bonds. The van der Waals surface area contributed by atoms with Gasteiger partial charge in [-0.2, -0.15) is 0 Å². The van der Waals surface area contributed by atoms with Crippen LogP contribution >= 0.6 is 0 Å². The number of amides is 1. The van der Waals surface area contributed by atoms with Crippen molar-refractivity contribution in [2.45, 2.75) is 65.2 Å². The van der Waals surface area contributed by atoms with Crippen molar-refractivity contribution in [2.75, 3.05) is 6.61 Å². The molecule has 0 aliphatic carbocycles. The summed E-state index contributed by atoms with van der Waals surface area (Å²) in [5.74, 6) is -4.84. The van der Waals surface area contributed by atoms with Crippen LogP contribution in [0.15, 0.2) is 0 Å². The average molecular weight is 393 g/mol. The molecular weight excluding hydrogens is 366 g/mol. The summed E-state index contributed by atoms with van der Waals surface area (Å²) in [6, 6.07) is -1.42. The molecule has 0 aromatic rings. The molecule has 1 unspecified atom stereocenters. The van der Waals surface area contributed by atoms with Crippen molar-refractivity contribution in [3.63, 3.8) is 0 Å². The fourth-order valence-electron chi connectivity index (χ4n) is 2.42. The lowest BCUT2D eigenvalue weighted by Crippen LogP contribution is -2.66. The molecule has 0 spiro atoms. The van der Waals surface area contributed by atoms with Gasteiger partial charge in [-0.3, -0.25) is 24.0 Å². The van der Waals surface area contributed by atoms with Gasteiger partial charge in [0.05, 0.1) is 0 Å². The van der Waals surface area contributed by atoms with Crippen LogP contribution in [0.2, 0.25) is 0 Å². The van der Waals surface area contributed by atoms with Gasteiger partial charge in [-0.1, -0.05) is 0 Å². The molecule has 1 aliphatic rings. The maximum absolute atomic E-state index is 11.8. The SMILES string of the molecule is [2H]CC(=O)OC[C@H]1OC(OC(=O)C[2H])[C@H](NC(C)=O)[C@@H](OC(=O)C[2H])[C@H]1OC(=O)C[2H]. The summed E-state index contributed by atoms with van der Waals surface area (Å²) in [4.78, 5) is 58.3. The van der Waals surface area contributed by atoms with Crippen LogP contribution < -0.4 is 5.32 Å². The smallest absolute Gasteiger partial charge is 0.305 e. The normalized spacial score (nSPS) is 29.0. The summed E-state index contributed by atoms with van der Waals surface area (Å²) in [6.07, 6.45) is -6.14. The molecule has 0 aromatic heterocycles. The van der Waals surface area contributed by atoms with E-state index in [-0.39, 0.29) is 0 Å². The van der Waals surface area contributed by atoms with Crippen LogP contribution in [0.25, 0.3) is 0 Å². The number of rotatable bonds is 6. The molecule has 1 fully saturated rings. The lowest BCUT2D eigenvalue weighted by molar-refractivity contribution is -0.270. The van der Waals surface area contributed by atoms with E-state index in [0.717, 1.165) is 6.92 Å². The average Bonchev–Trinajstić information content (AvgIpc) is 2.75. The van der Waals surface area contributed by atoms with Gasteiger partial charge in [0.15, 0.2) is 12.2 Å². The van der Waals surface area contributed by atoms with Gasteiger partial charge in [-0.15, -0.1) is 0 Å². The van der Waals surface area contributed by atoms with Crippen molar-refractivity contribution in [3.8, 4) is 0 Å². The Morgan fingerprint density at radius 3 is 2.00 bits per heavy atom. The molecule has 0 saturated carbocycles. The molecule has 11 nitrogen and oxygen atoms in total. The van der Waals surface area contributed by atoms with Crippen LogP contribution in [0.5, 0.6) is 0 Å². The summed E-state index contributed by atoms with van der Waals surface area (Å²) in [5, 5.41) is 2.34. The summed E-state index contributed by atoms with van der Waals surface area (Å²) in [7, 11) is 0. The Morgan fingerprint density at radius 1 is 0.889 bits per heavy atom. The summed E-state index contributed by atoms with van der Waals surface area (Å²) in [5.41, 5.74) is 0. The molecule has 1 N–H and O–H groups in total. The van der Waals surface area contributed by atoms with Gasteiger partial charge in [0.1, 0.15) is 18.8 Å². The van der Waals surface area contributed by atoms with Gasteiger partial charge in [-0.25, -0.2) is 0 Å². The number of carbonyl (C=O) groups excluding carboxylic acids is 5. The maximum Gasteiger partial charge on any atom is 0.305 e. The molecule has 0 bridgehead atoms. The molecule has 5 atom stereocenters. The highest BCUT2D eigenvalue weighted by Gasteiger charge is 2.52. The first-order chi connectivity index (χ1) is 14.7. The molecule has 27 heavy (non-hydrogen) atoms. The topological polar surface area (TPSA) is 144 Å². The van der Waals surface area contributed by atoms with Crippen LogP contribution in [0, 0.1) is 0 Å². The van der Waals surface area contributed by atoms with Crippen LogP contribution in [0.4, 0.5) is 0 Å². The van der Waals surface area contributed by atoms with E-state index < -0.39 is 94.6 Å². The molecular formula is C16H23NO10. The highest BCUT2D eigenvalue weighted by molar-refractivity contribution is 5.74. The van der Waals surface area contributed by atoms with Crippen molar-refractivity contribution in [1.29, 1.82) is 0 Å². The van der Waals surface area contributed by atoms with Crippen molar-refractivity contribution in [1.82, 2.24) is 5.32 Å². The first-order valence-corrected chi connectivity index (χ1v) is 7.50. The van der Waals surface area contributed by atoms with Crippen molar-refractivity contribution in [3.05, 3.63) is 0 Å². The van der Waals surface area contributed by atoms with E-state index in [1.807, 2.05) is 0 Å².